The van der Waals surface area contributed by atoms with Crippen molar-refractivity contribution in [1.29, 1.82) is 5.26 Å². The first kappa shape index (κ1) is 18.2. The molecule has 1 N–H and O–H groups in total. The van der Waals surface area contributed by atoms with Crippen LogP contribution >= 0.6 is 11.6 Å². The summed E-state index contributed by atoms with van der Waals surface area (Å²) in [5.74, 6) is 0.703. The van der Waals surface area contributed by atoms with Gasteiger partial charge in [-0.2, -0.15) is 5.26 Å². The summed E-state index contributed by atoms with van der Waals surface area (Å²) in [5, 5.41) is 12.1. The van der Waals surface area contributed by atoms with Crippen LogP contribution in [0.5, 0.6) is 11.5 Å². The van der Waals surface area contributed by atoms with Crippen molar-refractivity contribution in [2.75, 3.05) is 5.32 Å². The Morgan fingerprint density at radius 2 is 1.63 bits per heavy atom. The van der Waals surface area contributed by atoms with Crippen molar-refractivity contribution in [2.45, 2.75) is 0 Å². The molecule has 0 unspecified atom stereocenters. The molecule has 27 heavy (non-hydrogen) atoms. The second kappa shape index (κ2) is 8.70. The molecule has 3 rings (SSSR count). The van der Waals surface area contributed by atoms with E-state index in [-0.39, 0.29) is 5.91 Å². The van der Waals surface area contributed by atoms with Gasteiger partial charge < -0.3 is 10.1 Å². The van der Waals surface area contributed by atoms with Crippen molar-refractivity contribution in [2.24, 2.45) is 0 Å². The molecular formula is C22H15ClN2O2. The zero-order valence-corrected chi connectivity index (χ0v) is 15.0. The Morgan fingerprint density at radius 1 is 0.963 bits per heavy atom. The second-order valence-corrected chi connectivity index (χ2v) is 5.99. The molecule has 0 saturated heterocycles. The molecule has 0 fully saturated rings. The Morgan fingerprint density at radius 3 is 2.33 bits per heavy atom. The maximum Gasteiger partial charge on any atom is 0.248 e. The van der Waals surface area contributed by atoms with Gasteiger partial charge in [0.1, 0.15) is 5.75 Å². The molecule has 0 bridgehead atoms. The molecule has 0 aliphatic carbocycles. The quantitative estimate of drug-likeness (QED) is 0.586. The van der Waals surface area contributed by atoms with Crippen LogP contribution in [0, 0.1) is 11.3 Å². The fourth-order valence-electron chi connectivity index (χ4n) is 2.32. The molecule has 0 aliphatic heterocycles. The number of benzene rings is 3. The average Bonchev–Trinajstić information content (AvgIpc) is 2.70. The average molecular weight is 375 g/mol. The zero-order valence-electron chi connectivity index (χ0n) is 14.2. The number of nitriles is 1. The molecule has 0 atom stereocenters. The third-order valence-electron chi connectivity index (χ3n) is 3.67. The number of para-hydroxylation sites is 3. The molecule has 0 saturated carbocycles. The lowest BCUT2D eigenvalue weighted by atomic mass is 10.1. The fraction of sp³-hybridized carbons (Fsp3) is 0. The summed E-state index contributed by atoms with van der Waals surface area (Å²) in [6.07, 6.45) is 3.10. The van der Waals surface area contributed by atoms with Gasteiger partial charge in [-0.25, -0.2) is 0 Å². The van der Waals surface area contributed by atoms with Crippen molar-refractivity contribution in [3.8, 4) is 17.6 Å². The number of hydrogen-bond donors (Lipinski definition) is 1. The number of nitrogens with one attached hydrogen (secondary N) is 1. The van der Waals surface area contributed by atoms with Crippen LogP contribution in [0.15, 0.2) is 78.9 Å². The number of nitrogens with zero attached hydrogens (tertiary/aromatic N) is 1. The molecule has 0 aromatic heterocycles. The Labute approximate surface area is 162 Å². The summed E-state index contributed by atoms with van der Waals surface area (Å²) in [6, 6.07) is 23.3. The predicted octanol–water partition coefficient (Wildman–Crippen LogP) is 5.66. The topological polar surface area (TPSA) is 62.1 Å². The molecule has 132 valence electrons. The summed E-state index contributed by atoms with van der Waals surface area (Å²) in [5.41, 5.74) is 1.93. The first-order valence-corrected chi connectivity index (χ1v) is 8.54. The van der Waals surface area contributed by atoms with E-state index in [0.29, 0.717) is 27.8 Å². The molecule has 3 aromatic rings. The summed E-state index contributed by atoms with van der Waals surface area (Å²) < 4.78 is 5.83. The van der Waals surface area contributed by atoms with Crippen LogP contribution in [0.1, 0.15) is 11.1 Å². The van der Waals surface area contributed by atoms with Gasteiger partial charge in [0, 0.05) is 6.08 Å². The van der Waals surface area contributed by atoms with Gasteiger partial charge in [0.25, 0.3) is 0 Å². The number of anilines is 1. The van der Waals surface area contributed by atoms with E-state index in [1.165, 1.54) is 6.08 Å². The van der Waals surface area contributed by atoms with Gasteiger partial charge in [0.05, 0.1) is 22.3 Å². The lowest BCUT2D eigenvalue weighted by Gasteiger charge is -2.12. The summed E-state index contributed by atoms with van der Waals surface area (Å²) in [4.78, 5) is 12.2. The van der Waals surface area contributed by atoms with Crippen LogP contribution < -0.4 is 10.1 Å². The van der Waals surface area contributed by atoms with E-state index >= 15 is 0 Å². The zero-order chi connectivity index (χ0) is 19.1. The Bertz CT molecular complexity index is 1020. The van der Waals surface area contributed by atoms with Crippen molar-refractivity contribution >= 4 is 29.3 Å². The Hall–Kier alpha value is -3.55. The standard InChI is InChI=1S/C22H15ClN2O2/c23-18-5-1-3-7-20(18)27-21-8-4-2-6-19(21)25-22(26)14-13-16-9-11-17(15-24)12-10-16/h1-14H,(H,25,26)/b14-13+. The van der Waals surface area contributed by atoms with E-state index in [9.17, 15) is 4.79 Å². The van der Waals surface area contributed by atoms with Gasteiger partial charge in [-0.05, 0) is 48.0 Å². The predicted molar refractivity (Wildman–Crippen MR) is 107 cm³/mol. The van der Waals surface area contributed by atoms with Crippen LogP contribution in [0.25, 0.3) is 6.08 Å². The minimum atomic E-state index is -0.297. The smallest absolute Gasteiger partial charge is 0.248 e. The molecular weight excluding hydrogens is 360 g/mol. The highest BCUT2D eigenvalue weighted by Gasteiger charge is 2.08. The first-order chi connectivity index (χ1) is 13.2. The van der Waals surface area contributed by atoms with Crippen LogP contribution in [-0.2, 0) is 4.79 Å². The highest BCUT2D eigenvalue weighted by molar-refractivity contribution is 6.32. The van der Waals surface area contributed by atoms with E-state index < -0.39 is 0 Å². The van der Waals surface area contributed by atoms with E-state index in [1.54, 1.807) is 60.7 Å². The minimum absolute atomic E-state index is 0.297. The van der Waals surface area contributed by atoms with E-state index in [0.717, 1.165) is 5.56 Å². The molecule has 1 amide bonds. The van der Waals surface area contributed by atoms with Crippen molar-refractivity contribution in [3.63, 3.8) is 0 Å². The SMILES string of the molecule is N#Cc1ccc(/C=C/C(=O)Nc2ccccc2Oc2ccccc2Cl)cc1. The molecule has 5 heteroatoms. The van der Waals surface area contributed by atoms with E-state index in [1.807, 2.05) is 18.2 Å². The van der Waals surface area contributed by atoms with Gasteiger partial charge in [-0.3, -0.25) is 4.79 Å². The molecule has 4 nitrogen and oxygen atoms in total. The lowest BCUT2D eigenvalue weighted by molar-refractivity contribution is -0.111. The fourth-order valence-corrected chi connectivity index (χ4v) is 2.49. The van der Waals surface area contributed by atoms with E-state index in [4.69, 9.17) is 21.6 Å². The summed E-state index contributed by atoms with van der Waals surface area (Å²) in [7, 11) is 0. The monoisotopic (exact) mass is 374 g/mol. The number of hydrogen-bond acceptors (Lipinski definition) is 3. The van der Waals surface area contributed by atoms with Crippen molar-refractivity contribution in [1.82, 2.24) is 0 Å². The lowest BCUT2D eigenvalue weighted by Crippen LogP contribution is -2.08. The number of carbonyl (C=O) groups is 1. The van der Waals surface area contributed by atoms with Gasteiger partial charge in [-0.1, -0.05) is 48.0 Å². The first-order valence-electron chi connectivity index (χ1n) is 8.16. The maximum atomic E-state index is 12.2. The minimum Gasteiger partial charge on any atom is -0.454 e. The summed E-state index contributed by atoms with van der Waals surface area (Å²) >= 11 is 6.13. The third kappa shape index (κ3) is 4.97. The number of rotatable bonds is 5. The van der Waals surface area contributed by atoms with Crippen molar-refractivity contribution in [3.05, 3.63) is 95.0 Å². The van der Waals surface area contributed by atoms with E-state index in [2.05, 4.69) is 11.4 Å². The van der Waals surface area contributed by atoms with Crippen LogP contribution in [0.4, 0.5) is 5.69 Å². The molecule has 0 aliphatic rings. The van der Waals surface area contributed by atoms with Gasteiger partial charge >= 0.3 is 0 Å². The summed E-state index contributed by atoms with van der Waals surface area (Å²) in [6.45, 7) is 0. The van der Waals surface area contributed by atoms with Gasteiger partial charge in [0.15, 0.2) is 5.75 Å². The van der Waals surface area contributed by atoms with Crippen molar-refractivity contribution < 1.29 is 9.53 Å². The van der Waals surface area contributed by atoms with Crippen LogP contribution in [0.2, 0.25) is 5.02 Å². The third-order valence-corrected chi connectivity index (χ3v) is 3.98. The highest BCUT2D eigenvalue weighted by Crippen LogP contribution is 2.33. The number of halogens is 1. The normalized spacial score (nSPS) is 10.4. The molecule has 0 spiro atoms. The largest absolute Gasteiger partial charge is 0.454 e. The second-order valence-electron chi connectivity index (χ2n) is 5.59. The number of carbonyl (C=O) groups excluding carboxylic acids is 1. The Kier molecular flexibility index (Phi) is 5.88. The van der Waals surface area contributed by atoms with Gasteiger partial charge in [0.2, 0.25) is 5.91 Å². The number of amides is 1. The molecule has 0 heterocycles. The van der Waals surface area contributed by atoms with Gasteiger partial charge in [-0.15, -0.1) is 0 Å². The highest BCUT2D eigenvalue weighted by atomic mass is 35.5. The maximum absolute atomic E-state index is 12.2. The van der Waals surface area contributed by atoms with Crippen LogP contribution in [-0.4, -0.2) is 5.91 Å². The molecule has 0 radical (unpaired) electrons. The Balaban J connectivity index is 1.71. The number of ether oxygens (including phenoxy) is 1. The molecule has 3 aromatic carbocycles. The van der Waals surface area contributed by atoms with Crippen LogP contribution in [0.3, 0.4) is 0 Å².